The minimum Gasteiger partial charge on any atom is -0.454 e. The molecule has 0 aliphatic rings. The molecule has 9 aromatic rings. The number of fused-ring (bicyclic) bond motifs is 8. The first-order chi connectivity index (χ1) is 21.3. The Balaban J connectivity index is 1.33. The summed E-state index contributed by atoms with van der Waals surface area (Å²) in [5, 5.41) is 9.10. The van der Waals surface area contributed by atoms with Gasteiger partial charge in [0.25, 0.3) is 0 Å². The molecule has 0 spiro atoms. The van der Waals surface area contributed by atoms with Crippen molar-refractivity contribution in [3.8, 4) is 34.2 Å². The molecule has 0 aliphatic heterocycles. The van der Waals surface area contributed by atoms with Gasteiger partial charge in [0.1, 0.15) is 5.58 Å². The fourth-order valence-electron chi connectivity index (χ4n) is 6.23. The first kappa shape index (κ1) is 23.7. The third-order valence-corrected chi connectivity index (χ3v) is 8.22. The molecule has 0 N–H and O–H groups in total. The molecular weight excluding hydrogens is 528 g/mol. The summed E-state index contributed by atoms with van der Waals surface area (Å²) in [6.07, 6.45) is 3.57. The zero-order valence-corrected chi connectivity index (χ0v) is 22.9. The van der Waals surface area contributed by atoms with E-state index < -0.39 is 0 Å². The summed E-state index contributed by atoms with van der Waals surface area (Å²) in [5.41, 5.74) is 4.18. The Bertz CT molecular complexity index is 2520. The van der Waals surface area contributed by atoms with E-state index in [4.69, 9.17) is 19.4 Å². The summed E-state index contributed by atoms with van der Waals surface area (Å²) < 4.78 is 6.14. The molecule has 3 heterocycles. The molecule has 3 aromatic heterocycles. The normalized spacial score (nSPS) is 11.7. The molecule has 0 atom stereocenters. The van der Waals surface area contributed by atoms with E-state index in [0.29, 0.717) is 23.1 Å². The first-order valence-electron chi connectivity index (χ1n) is 14.2. The predicted octanol–water partition coefficient (Wildman–Crippen LogP) is 9.63. The highest BCUT2D eigenvalue weighted by molar-refractivity contribution is 6.19. The Morgan fingerprint density at radius 1 is 0.395 bits per heavy atom. The standard InChI is InChI=1S/C38H22N4O/c1-2-10-24(11-3-1)36-40-37(42-38(41-36)32-21-39-22-34-35(32)31-13-6-7-16-33(31)43-34)30-15-8-14-26-28-18-17-23-9-4-5-12-25(23)27(28)19-20-29(26)30/h1-22H. The van der Waals surface area contributed by atoms with Crippen LogP contribution in [0.5, 0.6) is 0 Å². The van der Waals surface area contributed by atoms with Crippen LogP contribution < -0.4 is 0 Å². The number of para-hydroxylation sites is 1. The molecular formula is C38H22N4O. The lowest BCUT2D eigenvalue weighted by molar-refractivity contribution is 0.667. The van der Waals surface area contributed by atoms with Crippen LogP contribution >= 0.6 is 0 Å². The fraction of sp³-hybridized carbons (Fsp3) is 0. The number of rotatable bonds is 3. The molecule has 0 unspecified atom stereocenters. The van der Waals surface area contributed by atoms with Gasteiger partial charge in [-0.15, -0.1) is 0 Å². The lowest BCUT2D eigenvalue weighted by Crippen LogP contribution is -2.01. The van der Waals surface area contributed by atoms with E-state index in [1.165, 1.54) is 21.5 Å². The quantitative estimate of drug-likeness (QED) is 0.205. The van der Waals surface area contributed by atoms with Crippen LogP contribution in [0.2, 0.25) is 0 Å². The van der Waals surface area contributed by atoms with E-state index in [0.717, 1.165) is 43.8 Å². The Hall–Kier alpha value is -5.94. The molecule has 0 bridgehead atoms. The van der Waals surface area contributed by atoms with Crippen LogP contribution in [-0.4, -0.2) is 19.9 Å². The lowest BCUT2D eigenvalue weighted by Gasteiger charge is -2.12. The van der Waals surface area contributed by atoms with Crippen LogP contribution in [0.15, 0.2) is 138 Å². The van der Waals surface area contributed by atoms with Crippen molar-refractivity contribution in [1.82, 2.24) is 19.9 Å². The highest BCUT2D eigenvalue weighted by atomic mass is 16.3. The Morgan fingerprint density at radius 3 is 1.95 bits per heavy atom. The van der Waals surface area contributed by atoms with Crippen molar-refractivity contribution in [2.75, 3.05) is 0 Å². The van der Waals surface area contributed by atoms with E-state index >= 15 is 0 Å². The van der Waals surface area contributed by atoms with Gasteiger partial charge >= 0.3 is 0 Å². The number of furan rings is 1. The Kier molecular flexibility index (Phi) is 5.13. The number of benzene rings is 6. The van der Waals surface area contributed by atoms with E-state index in [1.807, 2.05) is 54.7 Å². The van der Waals surface area contributed by atoms with Crippen molar-refractivity contribution in [1.29, 1.82) is 0 Å². The maximum absolute atomic E-state index is 6.14. The summed E-state index contributed by atoms with van der Waals surface area (Å²) in [6.45, 7) is 0. The molecule has 0 fully saturated rings. The van der Waals surface area contributed by atoms with Gasteiger partial charge in [0.2, 0.25) is 0 Å². The summed E-state index contributed by atoms with van der Waals surface area (Å²) in [5.74, 6) is 1.77. The van der Waals surface area contributed by atoms with E-state index in [-0.39, 0.29) is 0 Å². The highest BCUT2D eigenvalue weighted by Crippen LogP contribution is 2.38. The molecule has 9 rings (SSSR count). The number of hydrogen-bond acceptors (Lipinski definition) is 5. The average Bonchev–Trinajstić information content (AvgIpc) is 3.47. The molecule has 0 radical (unpaired) electrons. The van der Waals surface area contributed by atoms with Gasteiger partial charge in [0.05, 0.1) is 6.20 Å². The number of hydrogen-bond donors (Lipinski definition) is 0. The van der Waals surface area contributed by atoms with Crippen molar-refractivity contribution in [3.05, 3.63) is 134 Å². The van der Waals surface area contributed by atoms with Gasteiger partial charge in [-0.2, -0.15) is 0 Å². The van der Waals surface area contributed by atoms with Crippen LogP contribution in [0.3, 0.4) is 0 Å². The van der Waals surface area contributed by atoms with Crippen molar-refractivity contribution in [3.63, 3.8) is 0 Å². The van der Waals surface area contributed by atoms with Gasteiger partial charge in [0, 0.05) is 33.7 Å². The van der Waals surface area contributed by atoms with Crippen molar-refractivity contribution >= 4 is 54.3 Å². The maximum Gasteiger partial charge on any atom is 0.166 e. The molecule has 43 heavy (non-hydrogen) atoms. The Labute approximate surface area is 246 Å². The second-order valence-corrected chi connectivity index (χ2v) is 10.7. The van der Waals surface area contributed by atoms with Crippen molar-refractivity contribution < 1.29 is 4.42 Å². The molecule has 6 aromatic carbocycles. The van der Waals surface area contributed by atoms with Crippen LogP contribution in [0.25, 0.3) is 88.4 Å². The minimum atomic E-state index is 0.553. The third-order valence-electron chi connectivity index (χ3n) is 8.22. The monoisotopic (exact) mass is 550 g/mol. The van der Waals surface area contributed by atoms with Crippen LogP contribution in [0, 0.1) is 0 Å². The van der Waals surface area contributed by atoms with Gasteiger partial charge in [-0.1, -0.05) is 115 Å². The molecule has 0 amide bonds. The SMILES string of the molecule is c1ccc(-c2nc(-c3cccc4c3ccc3c5ccccc5ccc43)nc(-c3cncc4oc5ccccc5c34)n2)cc1. The van der Waals surface area contributed by atoms with Gasteiger partial charge in [-0.05, 0) is 38.4 Å². The highest BCUT2D eigenvalue weighted by Gasteiger charge is 2.19. The molecule has 5 heteroatoms. The summed E-state index contributed by atoms with van der Waals surface area (Å²) in [4.78, 5) is 19.7. The summed E-state index contributed by atoms with van der Waals surface area (Å²) >= 11 is 0. The second kappa shape index (κ2) is 9.29. The van der Waals surface area contributed by atoms with Crippen LogP contribution in [-0.2, 0) is 0 Å². The minimum absolute atomic E-state index is 0.553. The zero-order chi connectivity index (χ0) is 28.3. The van der Waals surface area contributed by atoms with Crippen LogP contribution in [0.1, 0.15) is 0 Å². The topological polar surface area (TPSA) is 64.7 Å². The average molecular weight is 551 g/mol. The summed E-state index contributed by atoms with van der Waals surface area (Å²) in [7, 11) is 0. The van der Waals surface area contributed by atoms with Crippen LogP contribution in [0.4, 0.5) is 0 Å². The first-order valence-corrected chi connectivity index (χ1v) is 14.2. The van der Waals surface area contributed by atoms with Crippen molar-refractivity contribution in [2.45, 2.75) is 0 Å². The fourth-order valence-corrected chi connectivity index (χ4v) is 6.23. The lowest BCUT2D eigenvalue weighted by atomic mass is 9.95. The van der Waals surface area contributed by atoms with E-state index in [1.54, 1.807) is 6.20 Å². The molecule has 0 aliphatic carbocycles. The second-order valence-electron chi connectivity index (χ2n) is 10.7. The Morgan fingerprint density at radius 2 is 1.05 bits per heavy atom. The number of pyridine rings is 1. The molecule has 0 saturated heterocycles. The van der Waals surface area contributed by atoms with E-state index in [2.05, 4.69) is 77.8 Å². The van der Waals surface area contributed by atoms with Gasteiger partial charge in [0.15, 0.2) is 23.1 Å². The van der Waals surface area contributed by atoms with E-state index in [9.17, 15) is 0 Å². The molecule has 5 nitrogen and oxygen atoms in total. The number of aromatic nitrogens is 4. The predicted molar refractivity (Wildman–Crippen MR) is 174 cm³/mol. The van der Waals surface area contributed by atoms with Crippen molar-refractivity contribution in [2.24, 2.45) is 0 Å². The third kappa shape index (κ3) is 3.72. The smallest absolute Gasteiger partial charge is 0.166 e. The zero-order valence-electron chi connectivity index (χ0n) is 22.9. The van der Waals surface area contributed by atoms with Gasteiger partial charge < -0.3 is 4.42 Å². The van der Waals surface area contributed by atoms with Gasteiger partial charge in [-0.3, -0.25) is 4.98 Å². The number of nitrogens with zero attached hydrogens (tertiary/aromatic N) is 4. The van der Waals surface area contributed by atoms with Gasteiger partial charge in [-0.25, -0.2) is 15.0 Å². The maximum atomic E-state index is 6.14. The molecule has 200 valence electrons. The largest absolute Gasteiger partial charge is 0.454 e. The summed E-state index contributed by atoms with van der Waals surface area (Å²) in [6, 6.07) is 41.8. The molecule has 0 saturated carbocycles.